The molecule has 8 nitrogen and oxygen atoms in total. The first-order valence-corrected chi connectivity index (χ1v) is 12.9. The fourth-order valence-corrected chi connectivity index (χ4v) is 3.56. The van der Waals surface area contributed by atoms with E-state index in [1.807, 2.05) is 0 Å². The molecular formula is C17H34N2O6Si. The number of nitrogens with zero attached hydrogens (tertiary/aromatic N) is 1. The standard InChI is InChI=1S/C17H34N2O6Si/c1-19(17(23)25-9-10-26(2,3)4)12-15(20)14(18-16(21)22)11-13-5-7-24-8-6-13/h13-15,18,20H,5-12H2,1-4H3,(H,21,22)/t14-,15+/m0/s1. The number of carbonyl (C=O) groups excluding carboxylic acids is 1. The first kappa shape index (κ1) is 22.7. The van der Waals surface area contributed by atoms with Crippen molar-refractivity contribution in [3.63, 3.8) is 0 Å². The summed E-state index contributed by atoms with van der Waals surface area (Å²) in [5.74, 6) is 0.296. The lowest BCUT2D eigenvalue weighted by atomic mass is 9.90. The number of hydrogen-bond donors (Lipinski definition) is 3. The van der Waals surface area contributed by atoms with Crippen LogP contribution in [0.3, 0.4) is 0 Å². The lowest BCUT2D eigenvalue weighted by molar-refractivity contribution is 0.0383. The third-order valence-corrected chi connectivity index (χ3v) is 6.26. The molecule has 0 aromatic rings. The van der Waals surface area contributed by atoms with Crippen molar-refractivity contribution >= 4 is 20.3 Å². The molecule has 0 spiro atoms. The highest BCUT2D eigenvalue weighted by atomic mass is 28.3. The minimum absolute atomic E-state index is 0.0138. The van der Waals surface area contributed by atoms with Crippen molar-refractivity contribution in [2.45, 2.75) is 57.1 Å². The number of amides is 2. The molecule has 152 valence electrons. The van der Waals surface area contributed by atoms with E-state index in [-0.39, 0.29) is 6.54 Å². The minimum atomic E-state index is -1.28. The molecule has 0 bridgehead atoms. The highest BCUT2D eigenvalue weighted by Crippen LogP contribution is 2.21. The van der Waals surface area contributed by atoms with E-state index in [9.17, 15) is 14.7 Å². The van der Waals surface area contributed by atoms with Gasteiger partial charge >= 0.3 is 12.2 Å². The first-order valence-electron chi connectivity index (χ1n) is 9.21. The van der Waals surface area contributed by atoms with Crippen LogP contribution in [0.25, 0.3) is 0 Å². The van der Waals surface area contributed by atoms with Gasteiger partial charge in [0.15, 0.2) is 0 Å². The van der Waals surface area contributed by atoms with Crippen LogP contribution in [-0.2, 0) is 9.47 Å². The molecule has 1 heterocycles. The Morgan fingerprint density at radius 2 is 1.92 bits per heavy atom. The van der Waals surface area contributed by atoms with Crippen molar-refractivity contribution in [2.24, 2.45) is 5.92 Å². The number of likely N-dealkylation sites (N-methyl/N-ethyl adjacent to an activating group) is 1. The van der Waals surface area contributed by atoms with Crippen molar-refractivity contribution in [1.29, 1.82) is 0 Å². The van der Waals surface area contributed by atoms with Gasteiger partial charge in [0.25, 0.3) is 0 Å². The lowest BCUT2D eigenvalue weighted by Crippen LogP contribution is -2.49. The van der Waals surface area contributed by atoms with Gasteiger partial charge in [-0.3, -0.25) is 0 Å². The van der Waals surface area contributed by atoms with E-state index >= 15 is 0 Å². The molecular weight excluding hydrogens is 356 g/mol. The van der Waals surface area contributed by atoms with E-state index in [4.69, 9.17) is 14.6 Å². The molecule has 3 N–H and O–H groups in total. The van der Waals surface area contributed by atoms with Crippen molar-refractivity contribution in [1.82, 2.24) is 10.2 Å². The van der Waals surface area contributed by atoms with Gasteiger partial charge < -0.3 is 29.9 Å². The summed E-state index contributed by atoms with van der Waals surface area (Å²) >= 11 is 0. The number of hydrogen-bond acceptors (Lipinski definition) is 5. The quantitative estimate of drug-likeness (QED) is 0.521. The Bertz CT molecular complexity index is 451. The zero-order chi connectivity index (χ0) is 19.7. The summed E-state index contributed by atoms with van der Waals surface area (Å²) in [6.07, 6.45) is -0.458. The number of carbonyl (C=O) groups is 2. The predicted octanol–water partition coefficient (Wildman–Crippen LogP) is 2.21. The van der Waals surface area contributed by atoms with Crippen molar-refractivity contribution in [2.75, 3.05) is 33.4 Å². The summed E-state index contributed by atoms with van der Waals surface area (Å²) in [5.41, 5.74) is 0. The molecule has 1 fully saturated rings. The van der Waals surface area contributed by atoms with Gasteiger partial charge in [-0.1, -0.05) is 19.6 Å². The van der Waals surface area contributed by atoms with Gasteiger partial charge in [0.05, 0.1) is 25.3 Å². The molecule has 0 saturated carbocycles. The van der Waals surface area contributed by atoms with E-state index in [0.29, 0.717) is 32.2 Å². The highest BCUT2D eigenvalue weighted by molar-refractivity contribution is 6.76. The Hall–Kier alpha value is -1.32. The average molecular weight is 391 g/mol. The topological polar surface area (TPSA) is 108 Å². The molecule has 0 aromatic heterocycles. The van der Waals surface area contributed by atoms with E-state index in [2.05, 4.69) is 25.0 Å². The number of aliphatic hydroxyl groups excluding tert-OH is 1. The second-order valence-corrected chi connectivity index (χ2v) is 13.8. The average Bonchev–Trinajstić information content (AvgIpc) is 2.53. The summed E-state index contributed by atoms with van der Waals surface area (Å²) in [6, 6.07) is 0.245. The Labute approximate surface area is 156 Å². The van der Waals surface area contributed by atoms with Gasteiger partial charge in [-0.25, -0.2) is 9.59 Å². The van der Waals surface area contributed by atoms with Gasteiger partial charge in [0.1, 0.15) is 0 Å². The zero-order valence-corrected chi connectivity index (χ0v) is 17.4. The van der Waals surface area contributed by atoms with Gasteiger partial charge in [0.2, 0.25) is 0 Å². The van der Waals surface area contributed by atoms with Crippen LogP contribution < -0.4 is 5.32 Å². The normalized spacial score (nSPS) is 18.0. The van der Waals surface area contributed by atoms with Gasteiger partial charge in [-0.2, -0.15) is 0 Å². The summed E-state index contributed by atoms with van der Waals surface area (Å²) in [5, 5.41) is 21.9. The molecule has 2 amide bonds. The molecule has 0 aromatic carbocycles. The van der Waals surface area contributed by atoms with Crippen LogP contribution in [0.15, 0.2) is 0 Å². The van der Waals surface area contributed by atoms with Crippen LogP contribution in [0.1, 0.15) is 19.3 Å². The SMILES string of the molecule is CN(C[C@@H](O)[C@H](CC1CCOCC1)NC(=O)O)C(=O)OCC[Si](C)(C)C. The van der Waals surface area contributed by atoms with E-state index < -0.39 is 32.4 Å². The molecule has 1 saturated heterocycles. The summed E-state index contributed by atoms with van der Waals surface area (Å²) < 4.78 is 10.6. The molecule has 1 rings (SSSR count). The van der Waals surface area contributed by atoms with Gasteiger partial charge in [0, 0.05) is 28.3 Å². The molecule has 1 aliphatic heterocycles. The van der Waals surface area contributed by atoms with Crippen molar-refractivity contribution in [3.8, 4) is 0 Å². The maximum atomic E-state index is 12.1. The fraction of sp³-hybridized carbons (Fsp3) is 0.882. The van der Waals surface area contributed by atoms with E-state index in [1.54, 1.807) is 7.05 Å². The van der Waals surface area contributed by atoms with Crippen LogP contribution in [0, 0.1) is 5.92 Å². The maximum absolute atomic E-state index is 12.1. The first-order chi connectivity index (χ1) is 12.1. The Balaban J connectivity index is 2.50. The third kappa shape index (κ3) is 9.40. The second kappa shape index (κ2) is 10.7. The van der Waals surface area contributed by atoms with Crippen LogP contribution in [-0.4, -0.2) is 80.9 Å². The molecule has 26 heavy (non-hydrogen) atoms. The van der Waals surface area contributed by atoms with Crippen LogP contribution in [0.4, 0.5) is 9.59 Å². The smallest absolute Gasteiger partial charge is 0.409 e. The molecule has 0 aliphatic carbocycles. The van der Waals surface area contributed by atoms with Crippen molar-refractivity contribution < 1.29 is 29.3 Å². The van der Waals surface area contributed by atoms with Gasteiger partial charge in [-0.15, -0.1) is 0 Å². The molecule has 0 radical (unpaired) electrons. The predicted molar refractivity (Wildman–Crippen MR) is 101 cm³/mol. The second-order valence-electron chi connectivity index (χ2n) is 8.22. The molecule has 0 unspecified atom stereocenters. The fourth-order valence-electron chi connectivity index (χ4n) is 2.85. The summed E-state index contributed by atoms with van der Waals surface area (Å²) in [4.78, 5) is 24.4. The minimum Gasteiger partial charge on any atom is -0.465 e. The van der Waals surface area contributed by atoms with E-state index in [0.717, 1.165) is 18.9 Å². The number of aliphatic hydroxyl groups is 1. The van der Waals surface area contributed by atoms with Crippen LogP contribution in [0.5, 0.6) is 0 Å². The monoisotopic (exact) mass is 390 g/mol. The molecule has 1 aliphatic rings. The largest absolute Gasteiger partial charge is 0.465 e. The van der Waals surface area contributed by atoms with Crippen molar-refractivity contribution in [3.05, 3.63) is 0 Å². The van der Waals surface area contributed by atoms with Gasteiger partial charge in [-0.05, 0) is 31.2 Å². The Kier molecular flexibility index (Phi) is 9.38. The number of ether oxygens (including phenoxy) is 2. The summed E-state index contributed by atoms with van der Waals surface area (Å²) in [7, 11) is 0.265. The number of nitrogens with one attached hydrogen (secondary N) is 1. The highest BCUT2D eigenvalue weighted by Gasteiger charge is 2.28. The summed E-state index contributed by atoms with van der Waals surface area (Å²) in [6.45, 7) is 8.30. The number of rotatable bonds is 9. The zero-order valence-electron chi connectivity index (χ0n) is 16.4. The molecule has 9 heteroatoms. The Morgan fingerprint density at radius 1 is 1.31 bits per heavy atom. The maximum Gasteiger partial charge on any atom is 0.409 e. The molecule has 2 atom stereocenters. The third-order valence-electron chi connectivity index (χ3n) is 4.55. The Morgan fingerprint density at radius 3 is 2.46 bits per heavy atom. The van der Waals surface area contributed by atoms with Crippen LogP contribution in [0.2, 0.25) is 25.7 Å². The lowest BCUT2D eigenvalue weighted by Gasteiger charge is -2.31. The van der Waals surface area contributed by atoms with E-state index in [1.165, 1.54) is 4.90 Å². The van der Waals surface area contributed by atoms with Crippen LogP contribution >= 0.6 is 0 Å². The number of carboxylic acid groups (broad SMARTS) is 1.